The number of morpholine rings is 1. The van der Waals surface area contributed by atoms with Crippen molar-refractivity contribution in [3.05, 3.63) is 30.1 Å². The first-order valence-corrected chi connectivity index (χ1v) is 12.5. The fourth-order valence-electron chi connectivity index (χ4n) is 3.98. The minimum Gasteiger partial charge on any atom is -0.394 e. The molecule has 0 aliphatic carbocycles. The van der Waals surface area contributed by atoms with Crippen LogP contribution in [0.2, 0.25) is 0 Å². The summed E-state index contributed by atoms with van der Waals surface area (Å²) in [5.41, 5.74) is 0. The smallest absolute Gasteiger partial charge is 0.243 e. The topological polar surface area (TPSA) is 117 Å². The zero-order valence-electron chi connectivity index (χ0n) is 18.0. The zero-order chi connectivity index (χ0) is 23.0. The Bertz CT molecular complexity index is 850. The lowest BCUT2D eigenvalue weighted by atomic mass is 9.98. The van der Waals surface area contributed by atoms with Crippen LogP contribution in [-0.4, -0.2) is 88.6 Å². The number of carbonyl (C=O) groups excluding carboxylic acids is 1. The maximum absolute atomic E-state index is 13.9. The van der Waals surface area contributed by atoms with Gasteiger partial charge in [0.1, 0.15) is 10.7 Å². The van der Waals surface area contributed by atoms with E-state index < -0.39 is 45.6 Å². The molecule has 180 valence electrons. The lowest BCUT2D eigenvalue weighted by Crippen LogP contribution is -2.51. The molecule has 2 saturated heterocycles. The fourth-order valence-corrected chi connectivity index (χ4v) is 5.35. The predicted octanol–water partition coefficient (Wildman–Crippen LogP) is 0.241. The maximum atomic E-state index is 13.9. The average molecular weight is 474 g/mol. The Morgan fingerprint density at radius 3 is 2.69 bits per heavy atom. The molecular formula is C21H32FN3O6S. The van der Waals surface area contributed by atoms with Crippen LogP contribution in [0.15, 0.2) is 29.2 Å². The van der Waals surface area contributed by atoms with E-state index in [1.54, 1.807) is 0 Å². The van der Waals surface area contributed by atoms with Gasteiger partial charge < -0.3 is 19.9 Å². The van der Waals surface area contributed by atoms with E-state index in [9.17, 15) is 22.7 Å². The summed E-state index contributed by atoms with van der Waals surface area (Å²) in [7, 11) is -4.11. The maximum Gasteiger partial charge on any atom is 0.243 e. The van der Waals surface area contributed by atoms with E-state index >= 15 is 0 Å². The van der Waals surface area contributed by atoms with Crippen molar-refractivity contribution in [2.45, 2.75) is 48.8 Å². The molecule has 11 heteroatoms. The molecule has 2 aliphatic rings. The van der Waals surface area contributed by atoms with E-state index in [-0.39, 0.29) is 12.3 Å². The number of hydrogen-bond donors (Lipinski definition) is 3. The molecule has 3 atom stereocenters. The monoisotopic (exact) mass is 473 g/mol. The summed E-state index contributed by atoms with van der Waals surface area (Å²) in [6, 6.07) is 4.39. The molecule has 32 heavy (non-hydrogen) atoms. The van der Waals surface area contributed by atoms with E-state index in [0.717, 1.165) is 45.3 Å². The number of hydrogen-bond acceptors (Lipinski definition) is 7. The van der Waals surface area contributed by atoms with E-state index in [0.29, 0.717) is 19.4 Å². The van der Waals surface area contributed by atoms with Crippen LogP contribution >= 0.6 is 0 Å². The van der Waals surface area contributed by atoms with E-state index in [1.807, 2.05) is 0 Å². The van der Waals surface area contributed by atoms with E-state index in [2.05, 4.69) is 14.9 Å². The number of benzene rings is 1. The molecular weight excluding hydrogens is 441 g/mol. The van der Waals surface area contributed by atoms with Crippen molar-refractivity contribution in [2.75, 3.05) is 46.0 Å². The number of carbonyl (C=O) groups is 1. The van der Waals surface area contributed by atoms with Gasteiger partial charge in [0.05, 0.1) is 44.5 Å². The Morgan fingerprint density at radius 1 is 1.22 bits per heavy atom. The van der Waals surface area contributed by atoms with E-state index in [1.165, 1.54) is 18.2 Å². The quantitative estimate of drug-likeness (QED) is 0.417. The fraction of sp³-hybridized carbons (Fsp3) is 0.667. The number of aliphatic hydroxyl groups is 1. The van der Waals surface area contributed by atoms with Gasteiger partial charge in [0.15, 0.2) is 0 Å². The molecule has 0 saturated carbocycles. The molecule has 9 nitrogen and oxygen atoms in total. The number of nitrogens with one attached hydrogen (secondary N) is 2. The lowest BCUT2D eigenvalue weighted by Gasteiger charge is -2.35. The zero-order valence-corrected chi connectivity index (χ0v) is 18.9. The van der Waals surface area contributed by atoms with Crippen molar-refractivity contribution < 1.29 is 32.2 Å². The standard InChI is InChI=1S/C21H32FN3O6S/c22-17-4-1-2-5-20(17)32(28,29)24-18-7-6-16(31-19(18)15-26)14-21(27)23-8-3-9-25-10-12-30-13-11-25/h1-2,4-5,16,18-19,24,26H,3,6-15H2,(H,23,27)/t16-,18+,19-/m1/s1. The number of rotatable bonds is 10. The van der Waals surface area contributed by atoms with E-state index in [4.69, 9.17) is 9.47 Å². The molecule has 3 rings (SSSR count). The van der Waals surface area contributed by atoms with Gasteiger partial charge in [0, 0.05) is 19.6 Å². The van der Waals surface area contributed by atoms with Crippen molar-refractivity contribution in [3.63, 3.8) is 0 Å². The van der Waals surface area contributed by atoms with Crippen LogP contribution in [0.1, 0.15) is 25.7 Å². The second kappa shape index (κ2) is 12.0. The van der Waals surface area contributed by atoms with Crippen LogP contribution in [0.3, 0.4) is 0 Å². The first-order chi connectivity index (χ1) is 15.4. The molecule has 0 aromatic heterocycles. The highest BCUT2D eigenvalue weighted by molar-refractivity contribution is 7.89. The molecule has 2 heterocycles. The molecule has 2 aliphatic heterocycles. The largest absolute Gasteiger partial charge is 0.394 e. The summed E-state index contributed by atoms with van der Waals surface area (Å²) in [6.07, 6.45) is 0.567. The summed E-state index contributed by atoms with van der Waals surface area (Å²) < 4.78 is 52.5. The minimum atomic E-state index is -4.11. The number of sulfonamides is 1. The molecule has 0 radical (unpaired) electrons. The molecule has 3 N–H and O–H groups in total. The third-order valence-corrected chi connectivity index (χ3v) is 7.24. The first kappa shape index (κ1) is 25.0. The number of aliphatic hydroxyl groups excluding tert-OH is 1. The molecule has 2 fully saturated rings. The number of ether oxygens (including phenoxy) is 2. The molecule has 1 amide bonds. The third kappa shape index (κ3) is 7.19. The van der Waals surface area contributed by atoms with Crippen LogP contribution in [-0.2, 0) is 24.3 Å². The summed E-state index contributed by atoms with van der Waals surface area (Å²) in [5.74, 6) is -0.987. The highest BCUT2D eigenvalue weighted by Gasteiger charge is 2.35. The van der Waals surface area contributed by atoms with Gasteiger partial charge in [-0.3, -0.25) is 9.69 Å². The van der Waals surface area contributed by atoms with Gasteiger partial charge in [-0.2, -0.15) is 0 Å². The number of amides is 1. The normalized spacial score (nSPS) is 24.9. The second-order valence-electron chi connectivity index (χ2n) is 8.08. The van der Waals surface area contributed by atoms with Crippen LogP contribution in [0.25, 0.3) is 0 Å². The van der Waals surface area contributed by atoms with Gasteiger partial charge in [-0.1, -0.05) is 12.1 Å². The highest BCUT2D eigenvalue weighted by atomic mass is 32.2. The summed E-state index contributed by atoms with van der Waals surface area (Å²) in [5, 5.41) is 12.6. The first-order valence-electron chi connectivity index (χ1n) is 11.0. The van der Waals surface area contributed by atoms with Crippen LogP contribution < -0.4 is 10.0 Å². The Hall–Kier alpha value is -1.63. The van der Waals surface area contributed by atoms with Crippen molar-refractivity contribution in [1.29, 1.82) is 0 Å². The van der Waals surface area contributed by atoms with Gasteiger partial charge in [-0.15, -0.1) is 0 Å². The minimum absolute atomic E-state index is 0.140. The van der Waals surface area contributed by atoms with Crippen LogP contribution in [0.4, 0.5) is 4.39 Å². The van der Waals surface area contributed by atoms with Crippen molar-refractivity contribution in [3.8, 4) is 0 Å². The number of nitrogens with zero attached hydrogens (tertiary/aromatic N) is 1. The van der Waals surface area contributed by atoms with Crippen LogP contribution in [0, 0.1) is 5.82 Å². The predicted molar refractivity (Wildman–Crippen MR) is 115 cm³/mol. The van der Waals surface area contributed by atoms with Gasteiger partial charge in [-0.25, -0.2) is 17.5 Å². The second-order valence-corrected chi connectivity index (χ2v) is 9.76. The Kier molecular flexibility index (Phi) is 9.38. The summed E-state index contributed by atoms with van der Waals surface area (Å²) in [4.78, 5) is 14.1. The Balaban J connectivity index is 1.42. The molecule has 0 unspecified atom stereocenters. The van der Waals surface area contributed by atoms with Crippen molar-refractivity contribution in [2.24, 2.45) is 0 Å². The molecule has 0 bridgehead atoms. The van der Waals surface area contributed by atoms with Gasteiger partial charge in [0.2, 0.25) is 15.9 Å². The average Bonchev–Trinajstić information content (AvgIpc) is 2.78. The molecule has 1 aromatic carbocycles. The highest BCUT2D eigenvalue weighted by Crippen LogP contribution is 2.24. The van der Waals surface area contributed by atoms with Crippen molar-refractivity contribution in [1.82, 2.24) is 14.9 Å². The SMILES string of the molecule is O=C(C[C@H]1CC[C@H](NS(=O)(=O)c2ccccc2F)[C@@H](CO)O1)NCCCN1CCOCC1. The van der Waals surface area contributed by atoms with Crippen molar-refractivity contribution >= 4 is 15.9 Å². The summed E-state index contributed by atoms with van der Waals surface area (Å²) in [6.45, 7) is 4.37. The number of halogens is 1. The molecule has 0 spiro atoms. The van der Waals surface area contributed by atoms with Gasteiger partial charge in [0.25, 0.3) is 0 Å². The van der Waals surface area contributed by atoms with Gasteiger partial charge in [-0.05, 0) is 37.9 Å². The lowest BCUT2D eigenvalue weighted by molar-refractivity contribution is -0.130. The third-order valence-electron chi connectivity index (χ3n) is 5.72. The van der Waals surface area contributed by atoms with Gasteiger partial charge >= 0.3 is 0 Å². The Labute approximate surface area is 188 Å². The van der Waals surface area contributed by atoms with Crippen LogP contribution in [0.5, 0.6) is 0 Å². The summed E-state index contributed by atoms with van der Waals surface area (Å²) >= 11 is 0. The molecule has 1 aromatic rings. The Morgan fingerprint density at radius 2 is 1.97 bits per heavy atom.